The molecule has 2 aliphatic rings. The minimum atomic E-state index is -0.578. The van der Waals surface area contributed by atoms with Crippen LogP contribution >= 0.6 is 22.9 Å². The Balaban J connectivity index is 1.13. The van der Waals surface area contributed by atoms with E-state index in [-0.39, 0.29) is 12.2 Å². The third-order valence-electron chi connectivity index (χ3n) is 5.93. The molecule has 0 bridgehead atoms. The van der Waals surface area contributed by atoms with Crippen LogP contribution < -0.4 is 15.2 Å². The Morgan fingerprint density at radius 2 is 2.13 bits per heavy atom. The van der Waals surface area contributed by atoms with E-state index < -0.39 is 6.10 Å². The Kier molecular flexibility index (Phi) is 5.23. The van der Waals surface area contributed by atoms with Gasteiger partial charge in [-0.2, -0.15) is 0 Å². The van der Waals surface area contributed by atoms with Crippen LogP contribution in [-0.4, -0.2) is 52.9 Å². The first kappa shape index (κ1) is 19.9. The predicted octanol–water partition coefficient (Wildman–Crippen LogP) is 3.74. The second kappa shape index (κ2) is 7.89. The lowest BCUT2D eigenvalue weighted by Gasteiger charge is -2.39. The van der Waals surface area contributed by atoms with Crippen molar-refractivity contribution in [1.29, 1.82) is 0 Å². The Morgan fingerprint density at radius 3 is 2.97 bits per heavy atom. The van der Waals surface area contributed by atoms with Gasteiger partial charge in [-0.1, -0.05) is 29.0 Å². The molecule has 3 N–H and O–H groups in total. The molecule has 2 aliphatic heterocycles. The lowest BCUT2D eigenvalue weighted by molar-refractivity contribution is -0.00187. The van der Waals surface area contributed by atoms with Gasteiger partial charge >= 0.3 is 0 Å². The number of aliphatic hydroxyl groups is 1. The highest BCUT2D eigenvalue weighted by Crippen LogP contribution is 2.42. The van der Waals surface area contributed by atoms with Gasteiger partial charge in [0.1, 0.15) is 35.3 Å². The molecule has 1 fully saturated rings. The van der Waals surface area contributed by atoms with E-state index in [9.17, 15) is 5.11 Å². The van der Waals surface area contributed by atoms with Crippen LogP contribution in [-0.2, 0) is 6.42 Å². The van der Waals surface area contributed by atoms with Gasteiger partial charge in [0.15, 0.2) is 5.13 Å². The summed E-state index contributed by atoms with van der Waals surface area (Å²) in [6.45, 7) is 2.57. The van der Waals surface area contributed by atoms with E-state index in [1.165, 1.54) is 16.9 Å². The Hall–Kier alpha value is -2.06. The van der Waals surface area contributed by atoms with Crippen molar-refractivity contribution in [1.82, 2.24) is 9.88 Å². The smallest absolute Gasteiger partial charge is 0.181 e. The van der Waals surface area contributed by atoms with Crippen molar-refractivity contribution >= 4 is 38.3 Å². The molecule has 3 aromatic rings. The highest BCUT2D eigenvalue weighted by Gasteiger charge is 2.42. The lowest BCUT2D eigenvalue weighted by Crippen LogP contribution is -2.49. The lowest BCUT2D eigenvalue weighted by atomic mass is 9.87. The maximum atomic E-state index is 10.5. The van der Waals surface area contributed by atoms with Gasteiger partial charge < -0.3 is 25.2 Å². The van der Waals surface area contributed by atoms with Crippen LogP contribution in [0.1, 0.15) is 18.4 Å². The number of piperidine rings is 1. The van der Waals surface area contributed by atoms with E-state index >= 15 is 0 Å². The third kappa shape index (κ3) is 3.95. The number of halogens is 1. The van der Waals surface area contributed by atoms with Gasteiger partial charge in [0, 0.05) is 43.9 Å². The van der Waals surface area contributed by atoms with Crippen LogP contribution in [0.3, 0.4) is 0 Å². The fraction of sp³-hybridized carbons (Fsp3) is 0.409. The number of nitrogens with zero attached hydrogens (tertiary/aromatic N) is 2. The number of anilines is 1. The molecular formula is C22H24ClN3O3S. The van der Waals surface area contributed by atoms with Gasteiger partial charge in [-0.05, 0) is 35.9 Å². The number of nitrogen functional groups attached to an aromatic ring is 1. The molecule has 30 heavy (non-hydrogen) atoms. The minimum Gasteiger partial charge on any atom is -0.489 e. The molecule has 158 valence electrons. The summed E-state index contributed by atoms with van der Waals surface area (Å²) in [5.41, 5.74) is 7.62. The molecule has 3 heterocycles. The number of likely N-dealkylation sites (tertiary alicyclic amines) is 1. The second-order valence-electron chi connectivity index (χ2n) is 8.13. The number of rotatable bonds is 5. The monoisotopic (exact) mass is 445 g/mol. The van der Waals surface area contributed by atoms with Crippen LogP contribution in [0.2, 0.25) is 5.02 Å². The van der Waals surface area contributed by atoms with E-state index in [1.54, 1.807) is 0 Å². The highest BCUT2D eigenvalue weighted by atomic mass is 35.5. The van der Waals surface area contributed by atoms with Crippen LogP contribution in [0.25, 0.3) is 10.2 Å². The van der Waals surface area contributed by atoms with Gasteiger partial charge in [0.25, 0.3) is 0 Å². The molecule has 1 aromatic heterocycles. The number of thiazole rings is 1. The van der Waals surface area contributed by atoms with Crippen LogP contribution in [0, 0.1) is 0 Å². The molecule has 5 rings (SSSR count). The van der Waals surface area contributed by atoms with Crippen LogP contribution in [0.15, 0.2) is 36.4 Å². The largest absolute Gasteiger partial charge is 0.489 e. The maximum Gasteiger partial charge on any atom is 0.181 e. The van der Waals surface area contributed by atoms with E-state index in [1.807, 2.05) is 36.4 Å². The van der Waals surface area contributed by atoms with Gasteiger partial charge in [-0.3, -0.25) is 0 Å². The molecule has 1 unspecified atom stereocenters. The normalized spacial score (nSPS) is 19.0. The number of β-amino-alcohol motifs (C(OH)–C–C–N with tert-alkyl or cyclic N) is 1. The summed E-state index contributed by atoms with van der Waals surface area (Å²) in [4.78, 5) is 6.60. The third-order valence-corrected chi connectivity index (χ3v) is 7.01. The fourth-order valence-electron chi connectivity index (χ4n) is 4.42. The van der Waals surface area contributed by atoms with E-state index in [2.05, 4.69) is 9.88 Å². The summed E-state index contributed by atoms with van der Waals surface area (Å²) in [7, 11) is 0. The standard InChI is InChI=1S/C22H24ClN3O3S/c23-15-4-5-17-14(10-15)11-22(29-17)6-8-26(9-7-22)12-16(27)13-28-18-2-1-3-19-20(18)25-21(24)30-19/h1-5,10,16,27H,6-9,11-13H2,(H2,24,25). The average molecular weight is 446 g/mol. The summed E-state index contributed by atoms with van der Waals surface area (Å²) in [5.74, 6) is 1.62. The van der Waals surface area contributed by atoms with Crippen molar-refractivity contribution in [2.75, 3.05) is 32.0 Å². The van der Waals surface area contributed by atoms with E-state index in [0.717, 1.165) is 53.3 Å². The molecule has 0 saturated carbocycles. The number of aliphatic hydroxyl groups excluding tert-OH is 1. The van der Waals surface area contributed by atoms with E-state index in [4.69, 9.17) is 26.8 Å². The quantitative estimate of drug-likeness (QED) is 0.622. The first-order valence-corrected chi connectivity index (χ1v) is 11.3. The summed E-state index contributed by atoms with van der Waals surface area (Å²) in [6.07, 6.45) is 2.20. The molecule has 0 radical (unpaired) electrons. The number of hydrogen-bond acceptors (Lipinski definition) is 7. The number of fused-ring (bicyclic) bond motifs is 2. The molecule has 1 saturated heterocycles. The molecule has 1 spiro atoms. The van der Waals surface area contributed by atoms with Crippen LogP contribution in [0.5, 0.6) is 11.5 Å². The van der Waals surface area contributed by atoms with Gasteiger partial charge in [-0.15, -0.1) is 0 Å². The number of ether oxygens (including phenoxy) is 2. The van der Waals surface area contributed by atoms with E-state index in [0.29, 0.717) is 17.4 Å². The molecule has 6 nitrogen and oxygen atoms in total. The van der Waals surface area contributed by atoms with Crippen LogP contribution in [0.4, 0.5) is 5.13 Å². The van der Waals surface area contributed by atoms with Crippen molar-refractivity contribution < 1.29 is 14.6 Å². The Labute approximate surface area is 184 Å². The summed E-state index contributed by atoms with van der Waals surface area (Å²) < 4.78 is 13.1. The Morgan fingerprint density at radius 1 is 1.30 bits per heavy atom. The number of benzene rings is 2. The number of para-hydroxylation sites is 1. The van der Waals surface area contributed by atoms with Crippen molar-refractivity contribution in [3.05, 3.63) is 47.0 Å². The summed E-state index contributed by atoms with van der Waals surface area (Å²) in [6, 6.07) is 11.6. The summed E-state index contributed by atoms with van der Waals surface area (Å²) in [5, 5.41) is 11.8. The second-order valence-corrected chi connectivity index (χ2v) is 9.63. The van der Waals surface area contributed by atoms with Crippen molar-refractivity contribution in [2.24, 2.45) is 0 Å². The zero-order valence-corrected chi connectivity index (χ0v) is 18.1. The Bertz CT molecular complexity index is 1060. The molecular weight excluding hydrogens is 422 g/mol. The van der Waals surface area contributed by atoms with Crippen molar-refractivity contribution in [2.45, 2.75) is 31.0 Å². The molecule has 1 atom stereocenters. The predicted molar refractivity (Wildman–Crippen MR) is 120 cm³/mol. The van der Waals surface area contributed by atoms with Crippen molar-refractivity contribution in [3.63, 3.8) is 0 Å². The SMILES string of the molecule is Nc1nc2c(OCC(O)CN3CCC4(CC3)Cc3cc(Cl)ccc3O4)cccc2s1. The molecule has 2 aromatic carbocycles. The number of aromatic nitrogens is 1. The first-order valence-electron chi connectivity index (χ1n) is 10.2. The zero-order valence-electron chi connectivity index (χ0n) is 16.5. The number of hydrogen-bond donors (Lipinski definition) is 2. The minimum absolute atomic E-state index is 0.134. The van der Waals surface area contributed by atoms with Gasteiger partial charge in [0.2, 0.25) is 0 Å². The zero-order chi connectivity index (χ0) is 20.7. The van der Waals surface area contributed by atoms with Gasteiger partial charge in [0.05, 0.1) is 4.70 Å². The highest BCUT2D eigenvalue weighted by molar-refractivity contribution is 7.22. The average Bonchev–Trinajstić information content (AvgIpc) is 3.27. The topological polar surface area (TPSA) is 80.8 Å². The molecule has 8 heteroatoms. The van der Waals surface area contributed by atoms with Gasteiger partial charge in [-0.25, -0.2) is 4.98 Å². The fourth-order valence-corrected chi connectivity index (χ4v) is 5.36. The molecule has 0 amide bonds. The number of nitrogens with two attached hydrogens (primary N) is 1. The first-order chi connectivity index (χ1) is 14.5. The van der Waals surface area contributed by atoms with Crippen molar-refractivity contribution in [3.8, 4) is 11.5 Å². The summed E-state index contributed by atoms with van der Waals surface area (Å²) >= 11 is 7.56. The maximum absolute atomic E-state index is 10.5. The molecule has 0 aliphatic carbocycles.